The van der Waals surface area contributed by atoms with Crippen LogP contribution in [-0.4, -0.2) is 16.9 Å². The Morgan fingerprint density at radius 1 is 0.920 bits per heavy atom. The summed E-state index contributed by atoms with van der Waals surface area (Å²) in [6.07, 6.45) is 2.73. The summed E-state index contributed by atoms with van der Waals surface area (Å²) in [5.74, 6) is -1.36. The molecule has 0 spiro atoms. The van der Waals surface area contributed by atoms with Crippen LogP contribution in [0.5, 0.6) is 0 Å². The van der Waals surface area contributed by atoms with Gasteiger partial charge in [-0.1, -0.05) is 18.2 Å². The van der Waals surface area contributed by atoms with Crippen molar-refractivity contribution in [2.24, 2.45) is 0 Å². The minimum Gasteiger partial charge on any atom is -0.478 e. The monoisotopic (exact) mass is 336 g/mol. The van der Waals surface area contributed by atoms with Crippen LogP contribution in [0.15, 0.2) is 24.3 Å². The van der Waals surface area contributed by atoms with Crippen molar-refractivity contribution < 1.29 is 14.7 Å². The number of hydrogen-bond donors (Lipinski definition) is 1. The molecule has 0 bridgehead atoms. The molecule has 0 aliphatic heterocycles. The van der Waals surface area contributed by atoms with E-state index in [4.69, 9.17) is 0 Å². The largest absolute Gasteiger partial charge is 0.478 e. The molecule has 3 nitrogen and oxygen atoms in total. The number of carboxylic acids is 1. The second kappa shape index (κ2) is 6.47. The molecule has 1 aliphatic carbocycles. The van der Waals surface area contributed by atoms with Gasteiger partial charge in [-0.05, 0) is 86.4 Å². The van der Waals surface area contributed by atoms with Gasteiger partial charge in [-0.15, -0.1) is 0 Å². The molecular formula is C22H24O3. The molecule has 0 saturated carbocycles. The number of aromatic carboxylic acids is 1. The van der Waals surface area contributed by atoms with Gasteiger partial charge < -0.3 is 5.11 Å². The van der Waals surface area contributed by atoms with E-state index in [1.807, 2.05) is 0 Å². The van der Waals surface area contributed by atoms with Gasteiger partial charge in [-0.3, -0.25) is 4.79 Å². The Morgan fingerprint density at radius 2 is 1.52 bits per heavy atom. The van der Waals surface area contributed by atoms with Crippen LogP contribution in [0, 0.1) is 27.7 Å². The van der Waals surface area contributed by atoms with Crippen molar-refractivity contribution in [3.63, 3.8) is 0 Å². The van der Waals surface area contributed by atoms with Gasteiger partial charge in [0.2, 0.25) is 0 Å². The third-order valence-electron chi connectivity index (χ3n) is 5.88. The lowest BCUT2D eigenvalue weighted by Gasteiger charge is -2.30. The quantitative estimate of drug-likeness (QED) is 0.809. The van der Waals surface area contributed by atoms with Gasteiger partial charge in [-0.2, -0.15) is 0 Å². The summed E-state index contributed by atoms with van der Waals surface area (Å²) in [6.45, 7) is 8.48. The summed E-state index contributed by atoms with van der Waals surface area (Å²) >= 11 is 0. The number of ketones is 1. The van der Waals surface area contributed by atoms with Crippen LogP contribution in [0.2, 0.25) is 0 Å². The zero-order chi connectivity index (χ0) is 18.3. The molecule has 0 amide bonds. The highest BCUT2D eigenvalue weighted by atomic mass is 16.4. The van der Waals surface area contributed by atoms with Crippen LogP contribution in [0.3, 0.4) is 0 Å². The summed E-state index contributed by atoms with van der Waals surface area (Å²) < 4.78 is 0. The fourth-order valence-corrected chi connectivity index (χ4v) is 4.17. The zero-order valence-corrected chi connectivity index (χ0v) is 15.3. The Labute approximate surface area is 148 Å². The van der Waals surface area contributed by atoms with Crippen molar-refractivity contribution in [1.29, 1.82) is 0 Å². The van der Waals surface area contributed by atoms with Gasteiger partial charge >= 0.3 is 5.97 Å². The second-order valence-corrected chi connectivity index (χ2v) is 7.05. The number of carbonyl (C=O) groups is 2. The van der Waals surface area contributed by atoms with Crippen LogP contribution in [0.1, 0.15) is 72.9 Å². The first-order chi connectivity index (χ1) is 11.8. The van der Waals surface area contributed by atoms with Gasteiger partial charge in [0, 0.05) is 11.5 Å². The second-order valence-electron chi connectivity index (χ2n) is 7.05. The van der Waals surface area contributed by atoms with Crippen LogP contribution >= 0.6 is 0 Å². The maximum Gasteiger partial charge on any atom is 0.336 e. The van der Waals surface area contributed by atoms with Crippen molar-refractivity contribution in [2.45, 2.75) is 52.9 Å². The van der Waals surface area contributed by atoms with Crippen molar-refractivity contribution in [2.75, 3.05) is 0 Å². The summed E-state index contributed by atoms with van der Waals surface area (Å²) in [4.78, 5) is 24.8. The highest BCUT2D eigenvalue weighted by Gasteiger charge is 2.32. The van der Waals surface area contributed by atoms with Gasteiger partial charge in [0.25, 0.3) is 0 Å². The molecular weight excluding hydrogens is 312 g/mol. The van der Waals surface area contributed by atoms with E-state index in [9.17, 15) is 14.7 Å². The predicted octanol–water partition coefficient (Wildman–Crippen LogP) is 4.92. The molecule has 0 saturated heterocycles. The van der Waals surface area contributed by atoms with Crippen LogP contribution in [0.25, 0.3) is 0 Å². The average molecular weight is 336 g/mol. The normalized spacial score (nSPS) is 16.4. The molecule has 1 aliphatic rings. The lowest BCUT2D eigenvalue weighted by molar-refractivity contribution is 0.0691. The molecule has 1 atom stereocenters. The maximum absolute atomic E-state index is 13.3. The van der Waals surface area contributed by atoms with E-state index >= 15 is 0 Å². The molecule has 130 valence electrons. The van der Waals surface area contributed by atoms with Crippen molar-refractivity contribution in [3.05, 3.63) is 68.8 Å². The zero-order valence-electron chi connectivity index (χ0n) is 15.3. The van der Waals surface area contributed by atoms with Gasteiger partial charge in [-0.25, -0.2) is 4.79 Å². The van der Waals surface area contributed by atoms with Crippen LogP contribution < -0.4 is 0 Å². The summed E-state index contributed by atoms with van der Waals surface area (Å²) in [7, 11) is 0. The minimum absolute atomic E-state index is 0.0651. The Kier molecular flexibility index (Phi) is 4.51. The predicted molar refractivity (Wildman–Crippen MR) is 98.8 cm³/mol. The molecule has 3 rings (SSSR count). The number of carboxylic acid groups (broad SMARTS) is 1. The lowest BCUT2D eigenvalue weighted by Crippen LogP contribution is -2.23. The molecule has 0 heterocycles. The van der Waals surface area contributed by atoms with E-state index in [0.29, 0.717) is 5.56 Å². The third-order valence-corrected chi connectivity index (χ3v) is 5.88. The molecule has 1 unspecified atom stereocenters. The minimum atomic E-state index is -1.05. The first kappa shape index (κ1) is 17.4. The molecule has 3 heteroatoms. The van der Waals surface area contributed by atoms with E-state index in [-0.39, 0.29) is 17.3 Å². The Bertz CT molecular complexity index is 877. The molecule has 2 aromatic rings. The van der Waals surface area contributed by atoms with Gasteiger partial charge in [0.15, 0.2) is 5.78 Å². The number of Topliss-reactive ketones (excluding diaryl/α,β-unsaturated/α-hetero) is 1. The fourth-order valence-electron chi connectivity index (χ4n) is 4.17. The Morgan fingerprint density at radius 3 is 2.16 bits per heavy atom. The van der Waals surface area contributed by atoms with Gasteiger partial charge in [0.05, 0.1) is 5.56 Å². The van der Waals surface area contributed by atoms with Crippen LogP contribution in [-0.2, 0) is 6.42 Å². The number of carbonyl (C=O) groups excluding carboxylic acids is 1. The topological polar surface area (TPSA) is 54.4 Å². The lowest BCUT2D eigenvalue weighted by atomic mass is 9.73. The number of rotatable bonds is 3. The maximum atomic E-state index is 13.3. The molecule has 0 fully saturated rings. The van der Waals surface area contributed by atoms with E-state index in [1.165, 1.54) is 33.9 Å². The summed E-state index contributed by atoms with van der Waals surface area (Å²) in [6, 6.07) is 6.56. The molecule has 2 aromatic carbocycles. The van der Waals surface area contributed by atoms with Gasteiger partial charge in [0.1, 0.15) is 0 Å². The van der Waals surface area contributed by atoms with Crippen molar-refractivity contribution in [1.82, 2.24) is 0 Å². The average Bonchev–Trinajstić information content (AvgIpc) is 2.63. The SMILES string of the molecule is Cc1c(C)c(C)c2c(c1C)CCCC2C(=O)c1ccccc1C(=O)O. The first-order valence-corrected chi connectivity index (χ1v) is 8.80. The summed E-state index contributed by atoms with van der Waals surface area (Å²) in [5.41, 5.74) is 7.85. The van der Waals surface area contributed by atoms with E-state index in [0.717, 1.165) is 24.8 Å². The molecule has 0 aromatic heterocycles. The van der Waals surface area contributed by atoms with Crippen molar-refractivity contribution >= 4 is 11.8 Å². The number of fused-ring (bicyclic) bond motifs is 1. The molecule has 25 heavy (non-hydrogen) atoms. The third kappa shape index (κ3) is 2.78. The smallest absolute Gasteiger partial charge is 0.336 e. The Hall–Kier alpha value is -2.42. The van der Waals surface area contributed by atoms with Crippen LogP contribution in [0.4, 0.5) is 0 Å². The number of benzene rings is 2. The number of hydrogen-bond acceptors (Lipinski definition) is 2. The van der Waals surface area contributed by atoms with E-state index in [2.05, 4.69) is 27.7 Å². The fraction of sp³-hybridized carbons (Fsp3) is 0.364. The van der Waals surface area contributed by atoms with E-state index in [1.54, 1.807) is 18.2 Å². The molecule has 0 radical (unpaired) electrons. The van der Waals surface area contributed by atoms with Crippen molar-refractivity contribution in [3.8, 4) is 0 Å². The van der Waals surface area contributed by atoms with E-state index < -0.39 is 5.97 Å². The standard InChI is InChI=1S/C22H24O3/c1-12-13(2)15(4)20-16(14(12)3)10-7-11-19(20)21(23)17-8-5-6-9-18(17)22(24)25/h5-6,8-9,19H,7,10-11H2,1-4H3,(H,24,25). The summed E-state index contributed by atoms with van der Waals surface area (Å²) in [5, 5.41) is 9.44. The highest BCUT2D eigenvalue weighted by Crippen LogP contribution is 2.40. The first-order valence-electron chi connectivity index (χ1n) is 8.80. The highest BCUT2D eigenvalue weighted by molar-refractivity contribution is 6.09. The Balaban J connectivity index is 2.17. The molecule has 1 N–H and O–H groups in total.